The number of ether oxygens (including phenoxy) is 1. The molecule has 0 fully saturated rings. The minimum Gasteiger partial charge on any atom is -0.449 e. The van der Waals surface area contributed by atoms with Crippen LogP contribution < -0.4 is 10.2 Å². The van der Waals surface area contributed by atoms with Gasteiger partial charge in [-0.15, -0.1) is 0 Å². The van der Waals surface area contributed by atoms with Gasteiger partial charge < -0.3 is 14.4 Å². The highest BCUT2D eigenvalue weighted by molar-refractivity contribution is 6.31. The molecule has 0 saturated carbocycles. The summed E-state index contributed by atoms with van der Waals surface area (Å²) >= 11 is 5.97. The van der Waals surface area contributed by atoms with Gasteiger partial charge in [0.05, 0.1) is 11.7 Å². The van der Waals surface area contributed by atoms with Crippen molar-refractivity contribution in [2.24, 2.45) is 0 Å². The minimum absolute atomic E-state index is 0.0459. The van der Waals surface area contributed by atoms with Crippen LogP contribution >= 0.6 is 11.6 Å². The summed E-state index contributed by atoms with van der Waals surface area (Å²) in [5, 5.41) is 9.32. The van der Waals surface area contributed by atoms with E-state index in [1.165, 1.54) is 35.0 Å². The fourth-order valence-electron chi connectivity index (χ4n) is 2.47. The molecule has 0 aliphatic rings. The summed E-state index contributed by atoms with van der Waals surface area (Å²) in [5.41, 5.74) is 0.195. The molecule has 3 rings (SSSR count). The Kier molecular flexibility index (Phi) is 4.41. The quantitative estimate of drug-likeness (QED) is 0.711. The van der Waals surface area contributed by atoms with Gasteiger partial charge in [-0.3, -0.25) is 4.79 Å². The van der Waals surface area contributed by atoms with Crippen molar-refractivity contribution >= 4 is 28.7 Å². The Morgan fingerprint density at radius 3 is 2.60 bits per heavy atom. The number of fused-ring (bicyclic) bond motifs is 1. The fourth-order valence-corrected chi connectivity index (χ4v) is 2.64. The van der Waals surface area contributed by atoms with Crippen molar-refractivity contribution in [1.82, 2.24) is 4.57 Å². The molecule has 25 heavy (non-hydrogen) atoms. The maximum Gasteiger partial charge on any atom is 0.511 e. The molecule has 0 bridgehead atoms. The highest BCUT2D eigenvalue weighted by Gasteiger charge is 2.14. The molecule has 1 heterocycles. The summed E-state index contributed by atoms with van der Waals surface area (Å²) in [6.07, 6.45) is -0.444. The predicted molar refractivity (Wildman–Crippen MR) is 87.3 cm³/mol. The van der Waals surface area contributed by atoms with E-state index in [1.807, 2.05) is 0 Å². The molecule has 8 heteroatoms. The van der Waals surface area contributed by atoms with Crippen LogP contribution in [0.15, 0.2) is 47.4 Å². The standard InChI is InChI=1S/C17H10ClF2NO4/c18-10-2-3-11-14(6-10)21(8-15(16(11)22)25-17(23)24)7-9-1-4-12(19)13(20)5-9/h1-6,8H,7H2,(H,23,24). The van der Waals surface area contributed by atoms with Gasteiger partial charge >= 0.3 is 6.16 Å². The Hall–Kier alpha value is -2.93. The van der Waals surface area contributed by atoms with E-state index in [0.29, 0.717) is 16.1 Å². The first kappa shape index (κ1) is 16.9. The molecular weight excluding hydrogens is 356 g/mol. The number of carboxylic acid groups (broad SMARTS) is 1. The van der Waals surface area contributed by atoms with E-state index in [1.54, 1.807) is 0 Å². The van der Waals surface area contributed by atoms with Crippen molar-refractivity contribution in [3.05, 3.63) is 75.0 Å². The van der Waals surface area contributed by atoms with Gasteiger partial charge in [-0.2, -0.15) is 0 Å². The molecule has 0 saturated heterocycles. The van der Waals surface area contributed by atoms with Crippen LogP contribution in [-0.2, 0) is 6.54 Å². The summed E-state index contributed by atoms with van der Waals surface area (Å²) in [4.78, 5) is 23.1. The van der Waals surface area contributed by atoms with Gasteiger partial charge in [0.25, 0.3) is 0 Å². The van der Waals surface area contributed by atoms with E-state index in [4.69, 9.17) is 16.7 Å². The van der Waals surface area contributed by atoms with Gasteiger partial charge in [-0.1, -0.05) is 17.7 Å². The van der Waals surface area contributed by atoms with Gasteiger partial charge in [0.1, 0.15) is 0 Å². The van der Waals surface area contributed by atoms with E-state index in [-0.39, 0.29) is 11.9 Å². The van der Waals surface area contributed by atoms with Crippen LogP contribution in [0, 0.1) is 11.6 Å². The lowest BCUT2D eigenvalue weighted by molar-refractivity contribution is 0.144. The zero-order valence-corrected chi connectivity index (χ0v) is 13.3. The molecule has 2 aromatic carbocycles. The molecule has 0 aliphatic carbocycles. The van der Waals surface area contributed by atoms with E-state index in [9.17, 15) is 18.4 Å². The molecular formula is C17H10ClF2NO4. The molecule has 5 nitrogen and oxygen atoms in total. The van der Waals surface area contributed by atoms with E-state index >= 15 is 0 Å². The first-order valence-corrected chi connectivity index (χ1v) is 7.40. The largest absolute Gasteiger partial charge is 0.511 e. The van der Waals surface area contributed by atoms with Gasteiger partial charge in [0.2, 0.25) is 5.43 Å². The highest BCUT2D eigenvalue weighted by Crippen LogP contribution is 2.22. The lowest BCUT2D eigenvalue weighted by atomic mass is 10.1. The maximum absolute atomic E-state index is 13.4. The van der Waals surface area contributed by atoms with Crippen LogP contribution in [0.3, 0.4) is 0 Å². The molecule has 1 aromatic heterocycles. The van der Waals surface area contributed by atoms with Gasteiger partial charge in [-0.25, -0.2) is 13.6 Å². The molecule has 128 valence electrons. The number of rotatable bonds is 3. The van der Waals surface area contributed by atoms with E-state index in [2.05, 4.69) is 4.74 Å². The number of carbonyl (C=O) groups is 1. The summed E-state index contributed by atoms with van der Waals surface area (Å²) < 4.78 is 32.5. The van der Waals surface area contributed by atoms with Crippen LogP contribution in [-0.4, -0.2) is 15.8 Å². The fraction of sp³-hybridized carbons (Fsp3) is 0.0588. The molecule has 0 aliphatic heterocycles. The third-order valence-electron chi connectivity index (χ3n) is 3.54. The third kappa shape index (κ3) is 3.46. The Morgan fingerprint density at radius 2 is 1.92 bits per heavy atom. The minimum atomic E-state index is -1.63. The van der Waals surface area contributed by atoms with Crippen molar-refractivity contribution in [2.45, 2.75) is 6.54 Å². The number of nitrogens with zero attached hydrogens (tertiary/aromatic N) is 1. The lowest BCUT2D eigenvalue weighted by Crippen LogP contribution is -2.16. The summed E-state index contributed by atoms with van der Waals surface area (Å²) in [6.45, 7) is 0.0459. The number of benzene rings is 2. The van der Waals surface area contributed by atoms with E-state index in [0.717, 1.165) is 12.1 Å². The average Bonchev–Trinajstić information content (AvgIpc) is 2.55. The Morgan fingerprint density at radius 1 is 1.16 bits per heavy atom. The number of aromatic nitrogens is 1. The smallest absolute Gasteiger partial charge is 0.449 e. The SMILES string of the molecule is O=C(O)Oc1cn(Cc2ccc(F)c(F)c2)c2cc(Cl)ccc2c1=O. The van der Waals surface area contributed by atoms with Crippen LogP contribution in [0.1, 0.15) is 5.56 Å². The average molecular weight is 366 g/mol. The number of hydrogen-bond acceptors (Lipinski definition) is 3. The topological polar surface area (TPSA) is 68.5 Å². The first-order valence-electron chi connectivity index (χ1n) is 7.02. The van der Waals surface area contributed by atoms with Crippen LogP contribution in [0.2, 0.25) is 5.02 Å². The third-order valence-corrected chi connectivity index (χ3v) is 3.78. The van der Waals surface area contributed by atoms with Crippen LogP contribution in [0.25, 0.3) is 10.9 Å². The number of pyridine rings is 1. The summed E-state index contributed by atoms with van der Waals surface area (Å²) in [5.74, 6) is -2.39. The molecule has 0 atom stereocenters. The van der Waals surface area contributed by atoms with E-state index < -0.39 is 29.0 Å². The summed E-state index contributed by atoms with van der Waals surface area (Å²) in [7, 11) is 0. The van der Waals surface area contributed by atoms with Crippen molar-refractivity contribution in [3.8, 4) is 5.75 Å². The predicted octanol–water partition coefficient (Wildman–Crippen LogP) is 4.04. The van der Waals surface area contributed by atoms with Gasteiger partial charge in [0.15, 0.2) is 17.4 Å². The molecule has 0 spiro atoms. The van der Waals surface area contributed by atoms with Gasteiger partial charge in [-0.05, 0) is 35.9 Å². The lowest BCUT2D eigenvalue weighted by Gasteiger charge is -2.13. The van der Waals surface area contributed by atoms with Crippen LogP contribution in [0.5, 0.6) is 5.75 Å². The number of halogens is 3. The van der Waals surface area contributed by atoms with Crippen molar-refractivity contribution in [3.63, 3.8) is 0 Å². The van der Waals surface area contributed by atoms with Crippen molar-refractivity contribution < 1.29 is 23.4 Å². The first-order chi connectivity index (χ1) is 11.8. The van der Waals surface area contributed by atoms with Crippen molar-refractivity contribution in [1.29, 1.82) is 0 Å². The molecule has 0 unspecified atom stereocenters. The Balaban J connectivity index is 2.19. The Bertz CT molecular complexity index is 1050. The zero-order chi connectivity index (χ0) is 18.1. The molecule has 0 radical (unpaired) electrons. The second-order valence-corrected chi connectivity index (χ2v) is 5.66. The van der Waals surface area contributed by atoms with Crippen LogP contribution in [0.4, 0.5) is 13.6 Å². The van der Waals surface area contributed by atoms with Gasteiger partial charge in [0, 0.05) is 17.0 Å². The second kappa shape index (κ2) is 6.52. The molecule has 1 N–H and O–H groups in total. The van der Waals surface area contributed by atoms with Crippen molar-refractivity contribution in [2.75, 3.05) is 0 Å². The number of hydrogen-bond donors (Lipinski definition) is 1. The molecule has 3 aromatic rings. The monoisotopic (exact) mass is 365 g/mol. The maximum atomic E-state index is 13.4. The Labute approximate surface area is 144 Å². The summed E-state index contributed by atoms with van der Waals surface area (Å²) in [6, 6.07) is 7.82. The second-order valence-electron chi connectivity index (χ2n) is 5.23. The molecule has 0 amide bonds. The highest BCUT2D eigenvalue weighted by atomic mass is 35.5. The zero-order valence-electron chi connectivity index (χ0n) is 12.5. The normalized spacial score (nSPS) is 10.8.